The SMILES string of the molecule is COCCN(c1ccc([C@@H](C)N)cc1Cl)C(C)COC. The molecule has 0 bridgehead atoms. The molecule has 1 aromatic rings. The fourth-order valence-corrected chi connectivity index (χ4v) is 2.44. The number of rotatable bonds is 8. The lowest BCUT2D eigenvalue weighted by Gasteiger charge is -2.31. The molecule has 0 saturated heterocycles. The molecule has 1 aromatic carbocycles. The van der Waals surface area contributed by atoms with Gasteiger partial charge in [-0.25, -0.2) is 0 Å². The van der Waals surface area contributed by atoms with Gasteiger partial charge >= 0.3 is 0 Å². The maximum Gasteiger partial charge on any atom is 0.0663 e. The summed E-state index contributed by atoms with van der Waals surface area (Å²) in [6.45, 7) is 6.09. The van der Waals surface area contributed by atoms with Crippen LogP contribution < -0.4 is 10.6 Å². The number of nitrogens with two attached hydrogens (primary N) is 1. The molecule has 0 amide bonds. The number of nitrogens with zero attached hydrogens (tertiary/aromatic N) is 1. The predicted octanol–water partition coefficient (Wildman–Crippen LogP) is 2.85. The monoisotopic (exact) mass is 300 g/mol. The number of halogens is 1. The van der Waals surface area contributed by atoms with E-state index in [9.17, 15) is 0 Å². The molecule has 1 rings (SSSR count). The van der Waals surface area contributed by atoms with Crippen LogP contribution in [0.2, 0.25) is 5.02 Å². The first-order valence-electron chi connectivity index (χ1n) is 6.80. The molecule has 2 N–H and O–H groups in total. The van der Waals surface area contributed by atoms with E-state index in [1.54, 1.807) is 14.2 Å². The Balaban J connectivity index is 3.00. The van der Waals surface area contributed by atoms with Crippen LogP contribution in [0.25, 0.3) is 0 Å². The Morgan fingerprint density at radius 2 is 1.95 bits per heavy atom. The van der Waals surface area contributed by atoms with Gasteiger partial charge in [-0.2, -0.15) is 0 Å². The molecular formula is C15H25ClN2O2. The average molecular weight is 301 g/mol. The zero-order valence-electron chi connectivity index (χ0n) is 12.7. The molecule has 0 heterocycles. The van der Waals surface area contributed by atoms with Crippen LogP contribution in [0.3, 0.4) is 0 Å². The molecule has 5 heteroatoms. The molecule has 0 aromatic heterocycles. The molecule has 2 atom stereocenters. The molecule has 4 nitrogen and oxygen atoms in total. The zero-order valence-corrected chi connectivity index (χ0v) is 13.5. The van der Waals surface area contributed by atoms with E-state index in [0.717, 1.165) is 17.8 Å². The van der Waals surface area contributed by atoms with Gasteiger partial charge in [0, 0.05) is 32.8 Å². The summed E-state index contributed by atoms with van der Waals surface area (Å²) in [5.74, 6) is 0. The minimum absolute atomic E-state index is 0.0228. The van der Waals surface area contributed by atoms with Crippen molar-refractivity contribution in [3.8, 4) is 0 Å². The lowest BCUT2D eigenvalue weighted by atomic mass is 10.1. The summed E-state index contributed by atoms with van der Waals surface area (Å²) in [5, 5.41) is 0.707. The van der Waals surface area contributed by atoms with E-state index in [0.29, 0.717) is 18.2 Å². The lowest BCUT2D eigenvalue weighted by molar-refractivity contribution is 0.171. The summed E-state index contributed by atoms with van der Waals surface area (Å²) < 4.78 is 10.4. The van der Waals surface area contributed by atoms with Crippen LogP contribution in [0, 0.1) is 0 Å². The standard InChI is InChI=1S/C15H25ClN2O2/c1-11(10-20-4)18(7-8-19-3)15-6-5-13(12(2)17)9-14(15)16/h5-6,9,11-12H,7-8,10,17H2,1-4H3/t11?,12-/m1/s1. The van der Waals surface area contributed by atoms with Crippen molar-refractivity contribution < 1.29 is 9.47 Å². The second-order valence-corrected chi connectivity index (χ2v) is 5.40. The van der Waals surface area contributed by atoms with Gasteiger partial charge in [0.2, 0.25) is 0 Å². The normalized spacial score (nSPS) is 14.1. The van der Waals surface area contributed by atoms with Crippen LogP contribution in [0.15, 0.2) is 18.2 Å². The fraction of sp³-hybridized carbons (Fsp3) is 0.600. The summed E-state index contributed by atoms with van der Waals surface area (Å²) in [6.07, 6.45) is 0. The van der Waals surface area contributed by atoms with Gasteiger partial charge in [0.1, 0.15) is 0 Å². The molecule has 0 aliphatic rings. The Morgan fingerprint density at radius 3 is 2.45 bits per heavy atom. The third kappa shape index (κ3) is 4.63. The maximum atomic E-state index is 6.41. The summed E-state index contributed by atoms with van der Waals surface area (Å²) in [4.78, 5) is 2.19. The molecule has 0 fully saturated rings. The Morgan fingerprint density at radius 1 is 1.25 bits per heavy atom. The largest absolute Gasteiger partial charge is 0.383 e. The quantitative estimate of drug-likeness (QED) is 0.802. The van der Waals surface area contributed by atoms with Crippen molar-refractivity contribution in [2.24, 2.45) is 5.73 Å². The van der Waals surface area contributed by atoms with Gasteiger partial charge in [0.05, 0.1) is 23.9 Å². The first-order chi connectivity index (χ1) is 9.51. The summed E-state index contributed by atoms with van der Waals surface area (Å²) >= 11 is 6.41. The molecule has 0 aliphatic carbocycles. The Kier molecular flexibility index (Phi) is 7.30. The summed E-state index contributed by atoms with van der Waals surface area (Å²) in [6, 6.07) is 6.16. The highest BCUT2D eigenvalue weighted by atomic mass is 35.5. The van der Waals surface area contributed by atoms with E-state index >= 15 is 0 Å². The van der Waals surface area contributed by atoms with E-state index in [2.05, 4.69) is 11.8 Å². The smallest absolute Gasteiger partial charge is 0.0663 e. The number of hydrogen-bond donors (Lipinski definition) is 1. The minimum atomic E-state index is -0.0228. The maximum absolute atomic E-state index is 6.41. The minimum Gasteiger partial charge on any atom is -0.383 e. The topological polar surface area (TPSA) is 47.7 Å². The van der Waals surface area contributed by atoms with Gasteiger partial charge in [-0.15, -0.1) is 0 Å². The molecule has 0 spiro atoms. The van der Waals surface area contributed by atoms with Crippen molar-refractivity contribution in [2.45, 2.75) is 25.9 Å². The van der Waals surface area contributed by atoms with Crippen LogP contribution in [0.4, 0.5) is 5.69 Å². The Hall–Kier alpha value is -0.810. The van der Waals surface area contributed by atoms with Crippen molar-refractivity contribution >= 4 is 17.3 Å². The first kappa shape index (κ1) is 17.2. The van der Waals surface area contributed by atoms with Crippen LogP contribution in [0.1, 0.15) is 25.5 Å². The first-order valence-corrected chi connectivity index (χ1v) is 7.18. The second-order valence-electron chi connectivity index (χ2n) is 4.99. The third-order valence-corrected chi connectivity index (χ3v) is 3.59. The number of hydrogen-bond acceptors (Lipinski definition) is 4. The van der Waals surface area contributed by atoms with Gasteiger partial charge in [-0.3, -0.25) is 0 Å². The highest BCUT2D eigenvalue weighted by Crippen LogP contribution is 2.29. The van der Waals surface area contributed by atoms with Crippen molar-refractivity contribution in [3.63, 3.8) is 0 Å². The lowest BCUT2D eigenvalue weighted by Crippen LogP contribution is -2.38. The fourth-order valence-electron chi connectivity index (χ4n) is 2.14. The molecular weight excluding hydrogens is 276 g/mol. The Labute approximate surface area is 126 Å². The van der Waals surface area contributed by atoms with Crippen LogP contribution in [-0.2, 0) is 9.47 Å². The highest BCUT2D eigenvalue weighted by molar-refractivity contribution is 6.33. The molecule has 0 aliphatic heterocycles. The van der Waals surface area contributed by atoms with Gasteiger partial charge in [0.25, 0.3) is 0 Å². The second kappa shape index (κ2) is 8.47. The van der Waals surface area contributed by atoms with Crippen molar-refractivity contribution in [2.75, 3.05) is 38.9 Å². The molecule has 1 unspecified atom stereocenters. The summed E-state index contributed by atoms with van der Waals surface area (Å²) in [7, 11) is 3.39. The highest BCUT2D eigenvalue weighted by Gasteiger charge is 2.17. The number of benzene rings is 1. The average Bonchev–Trinajstić information content (AvgIpc) is 2.40. The molecule has 0 saturated carbocycles. The molecule has 20 heavy (non-hydrogen) atoms. The number of ether oxygens (including phenoxy) is 2. The van der Waals surface area contributed by atoms with Gasteiger partial charge in [-0.05, 0) is 31.5 Å². The molecule has 114 valence electrons. The van der Waals surface area contributed by atoms with E-state index in [4.69, 9.17) is 26.8 Å². The number of anilines is 1. The van der Waals surface area contributed by atoms with Gasteiger partial charge in [0.15, 0.2) is 0 Å². The van der Waals surface area contributed by atoms with Crippen molar-refractivity contribution in [1.82, 2.24) is 0 Å². The third-order valence-electron chi connectivity index (χ3n) is 3.28. The van der Waals surface area contributed by atoms with Crippen LogP contribution in [0.5, 0.6) is 0 Å². The van der Waals surface area contributed by atoms with Crippen LogP contribution in [-0.4, -0.2) is 40.0 Å². The van der Waals surface area contributed by atoms with E-state index < -0.39 is 0 Å². The van der Waals surface area contributed by atoms with E-state index in [1.165, 1.54) is 0 Å². The van der Waals surface area contributed by atoms with Gasteiger partial charge < -0.3 is 20.1 Å². The van der Waals surface area contributed by atoms with Crippen molar-refractivity contribution in [1.29, 1.82) is 0 Å². The number of methoxy groups -OCH3 is 2. The predicted molar refractivity (Wildman–Crippen MR) is 84.6 cm³/mol. The van der Waals surface area contributed by atoms with Gasteiger partial charge in [-0.1, -0.05) is 17.7 Å². The zero-order chi connectivity index (χ0) is 15.1. The summed E-state index contributed by atoms with van der Waals surface area (Å²) in [5.41, 5.74) is 7.90. The Bertz CT molecular complexity index is 413. The van der Waals surface area contributed by atoms with E-state index in [-0.39, 0.29) is 12.1 Å². The van der Waals surface area contributed by atoms with Crippen molar-refractivity contribution in [3.05, 3.63) is 28.8 Å². The van der Waals surface area contributed by atoms with E-state index in [1.807, 2.05) is 25.1 Å². The molecule has 0 radical (unpaired) electrons. The van der Waals surface area contributed by atoms with Crippen LogP contribution >= 0.6 is 11.6 Å².